The van der Waals surface area contributed by atoms with E-state index >= 15 is 0 Å². The molecule has 2 N–H and O–H groups in total. The Labute approximate surface area is 273 Å². The van der Waals surface area contributed by atoms with E-state index in [1.165, 1.54) is 30.3 Å². The molecule has 5 aromatic rings. The van der Waals surface area contributed by atoms with E-state index in [-0.39, 0.29) is 11.5 Å². The fourth-order valence-corrected chi connectivity index (χ4v) is 3.70. The molecule has 9 heteroatoms. The Kier molecular flexibility index (Phi) is 14.6. The molecular formula is C36H32F6O2Zr. The maximum absolute atomic E-state index is 11.8. The smallest absolute Gasteiger partial charge is 0.416 e. The van der Waals surface area contributed by atoms with Gasteiger partial charge in [-0.1, -0.05) is 36.4 Å². The third-order valence-electron chi connectivity index (χ3n) is 5.78. The van der Waals surface area contributed by atoms with Crippen molar-refractivity contribution >= 4 is 24.8 Å². The zero-order chi connectivity index (χ0) is 33.6. The minimum atomic E-state index is -4.33. The molecule has 0 saturated carbocycles. The molecule has 0 saturated heterocycles. The molecular weight excluding hydrogens is 670 g/mol. The van der Waals surface area contributed by atoms with Crippen LogP contribution in [0.3, 0.4) is 0 Å². The average molecular weight is 702 g/mol. The van der Waals surface area contributed by atoms with Gasteiger partial charge in [0.15, 0.2) is 0 Å². The third-order valence-corrected chi connectivity index (χ3v) is 5.78. The van der Waals surface area contributed by atoms with E-state index in [2.05, 4.69) is 87.5 Å². The summed E-state index contributed by atoms with van der Waals surface area (Å²) in [6, 6.07) is 26.6. The van der Waals surface area contributed by atoms with Crippen LogP contribution in [0.2, 0.25) is 0 Å². The predicted octanol–water partition coefficient (Wildman–Crippen LogP) is 11.0. The van der Waals surface area contributed by atoms with Crippen molar-refractivity contribution in [3.8, 4) is 11.5 Å². The van der Waals surface area contributed by atoms with E-state index in [1.54, 1.807) is 24.2 Å². The number of fused-ring (bicyclic) bond motifs is 3. The molecule has 0 amide bonds. The number of phenolic OH excluding ortho intramolecular Hbond substituents is 2. The number of rotatable bonds is 0. The van der Waals surface area contributed by atoms with E-state index in [9.17, 15) is 26.3 Å². The fraction of sp³-hybridized carbons (Fsp3) is 0.167. The summed E-state index contributed by atoms with van der Waals surface area (Å²) in [5.41, 5.74) is -0.166. The topological polar surface area (TPSA) is 40.5 Å². The molecule has 0 heterocycles. The summed E-state index contributed by atoms with van der Waals surface area (Å²) < 4.78 is 72.5. The molecule has 0 bridgehead atoms. The Morgan fingerprint density at radius 2 is 1.02 bits per heavy atom. The van der Waals surface area contributed by atoms with E-state index in [4.69, 9.17) is 10.2 Å². The van der Waals surface area contributed by atoms with Crippen LogP contribution in [0, 0.1) is 6.08 Å². The van der Waals surface area contributed by atoms with Crippen molar-refractivity contribution in [3.05, 3.63) is 138 Å². The second-order valence-corrected chi connectivity index (χ2v) is 12.4. The second-order valence-electron chi connectivity index (χ2n) is 9.91. The maximum Gasteiger partial charge on any atom is 0.416 e. The first-order valence-electron chi connectivity index (χ1n) is 13.6. The predicted molar refractivity (Wildman–Crippen MR) is 166 cm³/mol. The summed E-state index contributed by atoms with van der Waals surface area (Å²) in [5, 5.41) is 22.7. The van der Waals surface area contributed by atoms with Crippen LogP contribution in [0.15, 0.2) is 121 Å². The van der Waals surface area contributed by atoms with E-state index in [1.807, 2.05) is 6.08 Å². The molecule has 234 valence electrons. The monoisotopic (exact) mass is 700 g/mol. The zero-order valence-electron chi connectivity index (χ0n) is 24.8. The molecule has 0 unspecified atom stereocenters. The summed E-state index contributed by atoms with van der Waals surface area (Å²) in [6.07, 6.45) is -0.411. The van der Waals surface area contributed by atoms with Crippen LogP contribution in [0.1, 0.15) is 38.3 Å². The van der Waals surface area contributed by atoms with Gasteiger partial charge in [-0.25, -0.2) is 11.6 Å². The van der Waals surface area contributed by atoms with Gasteiger partial charge in [0.05, 0.1) is 11.1 Å². The van der Waals surface area contributed by atoms with Crippen molar-refractivity contribution in [1.29, 1.82) is 0 Å². The Hall–Kier alpha value is -3.84. The van der Waals surface area contributed by atoms with Crippen molar-refractivity contribution in [2.45, 2.75) is 39.5 Å². The molecule has 1 aliphatic carbocycles. The SMILES string of the molecule is CC1=CC[C-]=C1.C[C](C)=[Zr+2].Oc1ccc(C(F)(F)F)cc1.Oc1ccc(C(F)(F)F)cc1.c1ccc2c(c1)[cH-]c1ccccc12. The van der Waals surface area contributed by atoms with Gasteiger partial charge in [0.1, 0.15) is 11.5 Å². The van der Waals surface area contributed by atoms with Crippen molar-refractivity contribution in [3.63, 3.8) is 0 Å². The molecule has 2 nitrogen and oxygen atoms in total. The van der Waals surface area contributed by atoms with Crippen LogP contribution in [-0.4, -0.2) is 13.4 Å². The molecule has 0 fully saturated rings. The molecule has 0 radical (unpaired) electrons. The molecule has 0 aromatic heterocycles. The van der Waals surface area contributed by atoms with Crippen LogP contribution in [-0.2, 0) is 36.6 Å². The van der Waals surface area contributed by atoms with Crippen molar-refractivity contribution in [2.24, 2.45) is 0 Å². The Morgan fingerprint density at radius 1 is 0.667 bits per heavy atom. The van der Waals surface area contributed by atoms with E-state index in [0.717, 1.165) is 55.0 Å². The standard InChI is InChI=1S/C13H9.2C7H5F3O.C6H7.C3H6.Zr/c1-3-7-12-10(5-1)9-11-6-2-4-8-13(11)12;2*8-7(9,10)5-1-3-6(11)4-2-5;1-6-4-2-3-5-6;1-3-2;/h1-9H;2*1-4,11H;4-5H,2H2,1H3;1-2H3;/q-1;;;-1;;+2. The first-order valence-corrected chi connectivity index (χ1v) is 14.8. The van der Waals surface area contributed by atoms with Crippen LogP contribution >= 0.6 is 0 Å². The minimum absolute atomic E-state index is 0.169. The normalized spacial score (nSPS) is 11.9. The van der Waals surface area contributed by atoms with E-state index in [0.29, 0.717) is 0 Å². The molecule has 45 heavy (non-hydrogen) atoms. The molecule has 0 atom stereocenters. The largest absolute Gasteiger partial charge is 0.508 e. The summed E-state index contributed by atoms with van der Waals surface area (Å²) in [5.74, 6) is -0.337. The summed E-state index contributed by atoms with van der Waals surface area (Å²) in [6.45, 7) is 6.33. The van der Waals surface area contributed by atoms with Gasteiger partial charge < -0.3 is 10.2 Å². The number of hydrogen-bond acceptors (Lipinski definition) is 2. The third kappa shape index (κ3) is 13.8. The molecule has 0 spiro atoms. The summed E-state index contributed by atoms with van der Waals surface area (Å²) >= 11 is 1.55. The average Bonchev–Trinajstić information content (AvgIpc) is 3.60. The Balaban J connectivity index is 0.000000206. The van der Waals surface area contributed by atoms with Crippen molar-refractivity contribution < 1.29 is 60.8 Å². The van der Waals surface area contributed by atoms with Gasteiger partial charge in [0.2, 0.25) is 0 Å². The van der Waals surface area contributed by atoms with Crippen molar-refractivity contribution in [2.75, 3.05) is 0 Å². The van der Waals surface area contributed by atoms with Gasteiger partial charge in [-0.15, -0.1) is 53.1 Å². The van der Waals surface area contributed by atoms with Crippen LogP contribution < -0.4 is 0 Å². The maximum atomic E-state index is 11.8. The molecule has 5 aromatic carbocycles. The zero-order valence-corrected chi connectivity index (χ0v) is 27.3. The van der Waals surface area contributed by atoms with Gasteiger partial charge in [0, 0.05) is 0 Å². The Bertz CT molecular complexity index is 1580. The van der Waals surface area contributed by atoms with Gasteiger partial charge in [-0.3, -0.25) is 6.08 Å². The fourth-order valence-electron chi connectivity index (χ4n) is 3.70. The number of phenols is 2. The minimum Gasteiger partial charge on any atom is -0.508 e. The van der Waals surface area contributed by atoms with Crippen molar-refractivity contribution in [1.82, 2.24) is 0 Å². The first kappa shape index (κ1) is 37.4. The summed E-state index contributed by atoms with van der Waals surface area (Å²) in [7, 11) is 0. The first-order chi connectivity index (χ1) is 21.1. The van der Waals surface area contributed by atoms with E-state index < -0.39 is 23.5 Å². The van der Waals surface area contributed by atoms with Crippen LogP contribution in [0.25, 0.3) is 21.5 Å². The second kappa shape index (κ2) is 17.6. The van der Waals surface area contributed by atoms with Gasteiger partial charge >= 0.3 is 53.6 Å². The van der Waals surface area contributed by atoms with Gasteiger partial charge in [0.25, 0.3) is 0 Å². The number of benzene rings is 4. The quantitative estimate of drug-likeness (QED) is 0.125. The van der Waals surface area contributed by atoms with Gasteiger partial charge in [-0.2, -0.15) is 32.4 Å². The summed E-state index contributed by atoms with van der Waals surface area (Å²) in [4.78, 5) is 0. The number of allylic oxidation sites excluding steroid dienone is 4. The van der Waals surface area contributed by atoms with Crippen LogP contribution in [0.4, 0.5) is 26.3 Å². The van der Waals surface area contributed by atoms with Crippen LogP contribution in [0.5, 0.6) is 11.5 Å². The molecule has 1 aliphatic rings. The Morgan fingerprint density at radius 3 is 1.29 bits per heavy atom. The number of aromatic hydroxyl groups is 2. The van der Waals surface area contributed by atoms with Gasteiger partial charge in [-0.05, 0) is 48.5 Å². The number of halogens is 6. The number of hydrogen-bond donors (Lipinski definition) is 2. The molecule has 6 rings (SSSR count). The number of alkyl halides is 6. The molecule has 0 aliphatic heterocycles.